The minimum absolute atomic E-state index is 0.258. The van der Waals surface area contributed by atoms with Gasteiger partial charge >= 0.3 is 11.7 Å². The first-order chi connectivity index (χ1) is 9.58. The van der Waals surface area contributed by atoms with Gasteiger partial charge in [-0.1, -0.05) is 36.0 Å². The van der Waals surface area contributed by atoms with Gasteiger partial charge in [0.05, 0.1) is 0 Å². The van der Waals surface area contributed by atoms with Crippen LogP contribution in [0, 0.1) is 0 Å². The van der Waals surface area contributed by atoms with Gasteiger partial charge in [-0.3, -0.25) is 4.57 Å². The largest absolute Gasteiger partial charge is 0.478 e. The Balaban J connectivity index is 2.15. The molecular weight excluding hydrogens is 278 g/mol. The van der Waals surface area contributed by atoms with Crippen molar-refractivity contribution in [3.05, 3.63) is 52.0 Å². The fraction of sp³-hybridized carbons (Fsp3) is 0.154. The quantitative estimate of drug-likeness (QED) is 0.644. The second-order valence-electron chi connectivity index (χ2n) is 4.03. The maximum absolute atomic E-state index is 11.3. The number of carboxylic acid groups (broad SMARTS) is 1. The molecule has 0 aliphatic carbocycles. The first-order valence-electron chi connectivity index (χ1n) is 5.81. The van der Waals surface area contributed by atoms with E-state index in [1.54, 1.807) is 13.1 Å². The van der Waals surface area contributed by atoms with Gasteiger partial charge in [-0.15, -0.1) is 5.10 Å². The molecule has 1 aromatic heterocycles. The van der Waals surface area contributed by atoms with Gasteiger partial charge in [0.25, 0.3) is 0 Å². The molecule has 0 bridgehead atoms. The number of H-pyrrole nitrogens is 1. The van der Waals surface area contributed by atoms with Crippen LogP contribution in [0.1, 0.15) is 11.1 Å². The number of aromatic nitrogens is 3. The van der Waals surface area contributed by atoms with Crippen LogP contribution in [0.5, 0.6) is 0 Å². The van der Waals surface area contributed by atoms with Crippen LogP contribution in [0.15, 0.2) is 40.3 Å². The van der Waals surface area contributed by atoms with Crippen molar-refractivity contribution in [3.63, 3.8) is 0 Å². The SMILES string of the molecule is Cn1c(SCc2ccccc2C=CC(=O)O)n[nH]c1=O. The number of benzene rings is 1. The maximum Gasteiger partial charge on any atom is 0.343 e. The maximum atomic E-state index is 11.3. The summed E-state index contributed by atoms with van der Waals surface area (Å²) < 4.78 is 1.43. The zero-order valence-electron chi connectivity index (χ0n) is 10.7. The summed E-state index contributed by atoms with van der Waals surface area (Å²) >= 11 is 1.41. The number of aromatic amines is 1. The molecule has 20 heavy (non-hydrogen) atoms. The van der Waals surface area contributed by atoms with E-state index in [2.05, 4.69) is 10.2 Å². The lowest BCUT2D eigenvalue weighted by atomic mass is 10.1. The highest BCUT2D eigenvalue weighted by molar-refractivity contribution is 7.98. The Morgan fingerprint density at radius 2 is 2.25 bits per heavy atom. The summed E-state index contributed by atoms with van der Waals surface area (Å²) in [7, 11) is 1.64. The van der Waals surface area contributed by atoms with Crippen molar-refractivity contribution in [2.24, 2.45) is 7.05 Å². The molecule has 7 heteroatoms. The molecule has 2 aromatic rings. The average Bonchev–Trinajstić information content (AvgIpc) is 2.75. The summed E-state index contributed by atoms with van der Waals surface area (Å²) in [5.41, 5.74) is 1.56. The first-order valence-corrected chi connectivity index (χ1v) is 6.79. The van der Waals surface area contributed by atoms with Crippen LogP contribution >= 0.6 is 11.8 Å². The molecule has 6 nitrogen and oxygen atoms in total. The molecule has 0 atom stereocenters. The molecule has 0 unspecified atom stereocenters. The molecular formula is C13H13N3O3S. The van der Waals surface area contributed by atoms with Crippen molar-refractivity contribution in [1.82, 2.24) is 14.8 Å². The minimum atomic E-state index is -0.984. The summed E-state index contributed by atoms with van der Waals surface area (Å²) in [5.74, 6) is -0.389. The van der Waals surface area contributed by atoms with Crippen LogP contribution in [-0.2, 0) is 17.6 Å². The molecule has 1 heterocycles. The molecule has 0 aliphatic rings. The van der Waals surface area contributed by atoms with Crippen molar-refractivity contribution in [1.29, 1.82) is 0 Å². The van der Waals surface area contributed by atoms with Gasteiger partial charge in [-0.25, -0.2) is 14.7 Å². The third kappa shape index (κ3) is 3.39. The molecule has 0 spiro atoms. The third-order valence-corrected chi connectivity index (χ3v) is 3.73. The van der Waals surface area contributed by atoms with Crippen molar-refractivity contribution in [2.75, 3.05) is 0 Å². The highest BCUT2D eigenvalue weighted by Crippen LogP contribution is 2.22. The van der Waals surface area contributed by atoms with Crippen LogP contribution in [0.2, 0.25) is 0 Å². The third-order valence-electron chi connectivity index (χ3n) is 2.66. The summed E-state index contributed by atoms with van der Waals surface area (Å²) in [5, 5.41) is 15.5. The van der Waals surface area contributed by atoms with E-state index in [9.17, 15) is 9.59 Å². The van der Waals surface area contributed by atoms with Gasteiger partial charge in [0, 0.05) is 18.9 Å². The number of carbonyl (C=O) groups is 1. The van der Waals surface area contributed by atoms with Crippen molar-refractivity contribution in [3.8, 4) is 0 Å². The number of carboxylic acids is 1. The van der Waals surface area contributed by atoms with E-state index in [-0.39, 0.29) is 5.69 Å². The lowest BCUT2D eigenvalue weighted by Gasteiger charge is -2.05. The Morgan fingerprint density at radius 3 is 2.90 bits per heavy atom. The van der Waals surface area contributed by atoms with Crippen LogP contribution < -0.4 is 5.69 Å². The fourth-order valence-electron chi connectivity index (χ4n) is 1.59. The van der Waals surface area contributed by atoms with Crippen molar-refractivity contribution < 1.29 is 9.90 Å². The number of aliphatic carboxylic acids is 1. The van der Waals surface area contributed by atoms with Gasteiger partial charge in [-0.2, -0.15) is 0 Å². The zero-order chi connectivity index (χ0) is 14.5. The van der Waals surface area contributed by atoms with Gasteiger partial charge in [0.2, 0.25) is 0 Å². The Kier molecular flexibility index (Phi) is 4.41. The summed E-state index contributed by atoms with van der Waals surface area (Å²) in [4.78, 5) is 21.8. The monoisotopic (exact) mass is 291 g/mol. The van der Waals surface area contributed by atoms with Crippen molar-refractivity contribution in [2.45, 2.75) is 10.9 Å². The molecule has 0 amide bonds. The molecule has 104 valence electrons. The van der Waals surface area contributed by atoms with Crippen LogP contribution in [0.3, 0.4) is 0 Å². The number of thioether (sulfide) groups is 1. The normalized spacial score (nSPS) is 11.1. The number of rotatable bonds is 5. The van der Waals surface area contributed by atoms with E-state index in [1.165, 1.54) is 16.3 Å². The van der Waals surface area contributed by atoms with E-state index in [4.69, 9.17) is 5.11 Å². The fourth-order valence-corrected chi connectivity index (χ4v) is 2.53. The minimum Gasteiger partial charge on any atom is -0.478 e. The Hall–Kier alpha value is -2.28. The zero-order valence-corrected chi connectivity index (χ0v) is 11.6. The first kappa shape index (κ1) is 14.1. The van der Waals surface area contributed by atoms with Crippen molar-refractivity contribution >= 4 is 23.8 Å². The molecule has 1 aromatic carbocycles. The molecule has 2 N–H and O–H groups in total. The van der Waals surface area contributed by atoms with Crippen LogP contribution in [0.4, 0.5) is 0 Å². The smallest absolute Gasteiger partial charge is 0.343 e. The molecule has 0 radical (unpaired) electrons. The topological polar surface area (TPSA) is 88.0 Å². The van der Waals surface area contributed by atoms with E-state index in [0.29, 0.717) is 10.9 Å². The van der Waals surface area contributed by atoms with Gasteiger partial charge in [-0.05, 0) is 17.2 Å². The van der Waals surface area contributed by atoms with Gasteiger partial charge in [0.1, 0.15) is 0 Å². The number of nitrogens with one attached hydrogen (secondary N) is 1. The molecule has 0 saturated heterocycles. The van der Waals surface area contributed by atoms with Gasteiger partial charge < -0.3 is 5.11 Å². The average molecular weight is 291 g/mol. The molecule has 0 saturated carbocycles. The standard InChI is InChI=1S/C13H13N3O3S/c1-16-12(19)14-15-13(16)20-8-10-5-3-2-4-9(10)6-7-11(17)18/h2-7H,8H2,1H3,(H,14,19)(H,17,18). The number of nitrogens with zero attached hydrogens (tertiary/aromatic N) is 2. The van der Waals surface area contributed by atoms with Crippen LogP contribution in [-0.4, -0.2) is 25.8 Å². The van der Waals surface area contributed by atoms with Crippen LogP contribution in [0.25, 0.3) is 6.08 Å². The number of hydrogen-bond acceptors (Lipinski definition) is 4. The lowest BCUT2D eigenvalue weighted by molar-refractivity contribution is -0.131. The predicted octanol–water partition coefficient (Wildman–Crippen LogP) is 1.50. The summed E-state index contributed by atoms with van der Waals surface area (Å²) in [6.45, 7) is 0. The Morgan fingerprint density at radius 1 is 1.50 bits per heavy atom. The molecule has 2 rings (SSSR count). The highest BCUT2D eigenvalue weighted by atomic mass is 32.2. The Bertz CT molecular complexity index is 703. The molecule has 0 aliphatic heterocycles. The predicted molar refractivity (Wildman–Crippen MR) is 76.5 cm³/mol. The van der Waals surface area contributed by atoms with Gasteiger partial charge in [0.15, 0.2) is 5.16 Å². The highest BCUT2D eigenvalue weighted by Gasteiger charge is 2.06. The molecule has 0 fully saturated rings. The summed E-state index contributed by atoms with van der Waals surface area (Å²) in [6, 6.07) is 7.50. The van der Waals surface area contributed by atoms with E-state index >= 15 is 0 Å². The number of hydrogen-bond donors (Lipinski definition) is 2. The van der Waals surface area contributed by atoms with E-state index in [1.807, 2.05) is 24.3 Å². The second kappa shape index (κ2) is 6.25. The summed E-state index contributed by atoms with van der Waals surface area (Å²) in [6.07, 6.45) is 2.66. The van der Waals surface area contributed by atoms with E-state index < -0.39 is 5.97 Å². The second-order valence-corrected chi connectivity index (χ2v) is 4.97. The lowest BCUT2D eigenvalue weighted by Crippen LogP contribution is -2.12. The van der Waals surface area contributed by atoms with E-state index in [0.717, 1.165) is 17.2 Å². The Labute approximate surface area is 119 Å².